The Morgan fingerprint density at radius 3 is 1.80 bits per heavy atom. The van der Waals surface area contributed by atoms with Crippen molar-refractivity contribution >= 4 is 6.16 Å². The Morgan fingerprint density at radius 2 is 1.24 bits per heavy atom. The van der Waals surface area contributed by atoms with Crippen LogP contribution in [-0.2, 0) is 48.0 Å². The van der Waals surface area contributed by atoms with Gasteiger partial charge in [0.25, 0.3) is 0 Å². The average Bonchev–Trinajstić information content (AvgIpc) is 3.38. The van der Waals surface area contributed by atoms with Gasteiger partial charge in [-0.15, -0.1) is 0 Å². The van der Waals surface area contributed by atoms with Crippen molar-refractivity contribution in [3.05, 3.63) is 0 Å². The van der Waals surface area contributed by atoms with Gasteiger partial charge < -0.3 is 28.4 Å². The number of ether oxygens (including phenoxy) is 6. The predicted molar refractivity (Wildman–Crippen MR) is 156 cm³/mol. The zero-order valence-electron chi connectivity index (χ0n) is 27.9. The molecule has 2 spiro atoms. The number of hydrogen-bond donors (Lipinski definition) is 0. The highest BCUT2D eigenvalue weighted by Gasteiger charge is 2.72. The molecule has 8 aliphatic heterocycles. The summed E-state index contributed by atoms with van der Waals surface area (Å²) in [5.74, 6) is 0.0852. The lowest BCUT2D eigenvalue weighted by molar-refractivity contribution is -0.573. The maximum atomic E-state index is 12.8. The molecular formula is C34H52O11. The Balaban J connectivity index is 1.11. The van der Waals surface area contributed by atoms with Gasteiger partial charge in [0.1, 0.15) is 12.2 Å². The molecule has 17 atom stereocenters. The van der Waals surface area contributed by atoms with Gasteiger partial charge in [-0.25, -0.2) is 24.3 Å². The molecule has 1 unspecified atom stereocenters. The van der Waals surface area contributed by atoms with Gasteiger partial charge in [-0.2, -0.15) is 0 Å². The number of rotatable bonds is 4. The standard InChI is InChI=1S/C34H52O11/c1-17-8-10-23-19(3)25(37-28-33(23)21(17)12-14-31(5,40-28)42-44-33)16-26(38-30(35)36-7)27-20(4)24-11-9-18(2)22-13-15-32(6)41-29(39-27)34(22,24)45-43-32/h17-29H,8-16H2,1-7H3/t17-,18-,19-,20-,21+,22+,23+,24+,25-,26+,27?,28-,29-,31+,32+,33-,34-/m1/s1. The van der Waals surface area contributed by atoms with Crippen LogP contribution in [0.5, 0.6) is 0 Å². The van der Waals surface area contributed by atoms with E-state index in [4.69, 9.17) is 48.0 Å². The zero-order valence-corrected chi connectivity index (χ0v) is 27.9. The number of carbonyl (C=O) groups is 1. The lowest BCUT2D eigenvalue weighted by Gasteiger charge is -2.62. The second-order valence-electron chi connectivity index (χ2n) is 16.2. The molecule has 0 radical (unpaired) electrons. The zero-order chi connectivity index (χ0) is 31.5. The highest BCUT2D eigenvalue weighted by Crippen LogP contribution is 2.63. The molecule has 10 fully saturated rings. The van der Waals surface area contributed by atoms with Crippen LogP contribution in [0, 0.1) is 47.3 Å². The molecule has 0 amide bonds. The average molecular weight is 637 g/mol. The molecule has 0 aromatic carbocycles. The molecule has 8 saturated heterocycles. The molecule has 10 rings (SSSR count). The van der Waals surface area contributed by atoms with Crippen LogP contribution in [0.2, 0.25) is 0 Å². The summed E-state index contributed by atoms with van der Waals surface area (Å²) in [5, 5.41) is 0. The smallest absolute Gasteiger partial charge is 0.438 e. The topological polar surface area (TPSA) is 109 Å². The third kappa shape index (κ3) is 4.47. The fourth-order valence-electron chi connectivity index (χ4n) is 11.3. The van der Waals surface area contributed by atoms with Crippen molar-refractivity contribution in [3.8, 4) is 0 Å². The van der Waals surface area contributed by atoms with E-state index >= 15 is 0 Å². The van der Waals surface area contributed by atoms with Crippen LogP contribution in [-0.4, -0.2) is 66.9 Å². The van der Waals surface area contributed by atoms with E-state index in [0.717, 1.165) is 51.4 Å². The monoisotopic (exact) mass is 636 g/mol. The summed E-state index contributed by atoms with van der Waals surface area (Å²) in [6.07, 6.45) is 4.69. The first-order chi connectivity index (χ1) is 21.4. The van der Waals surface area contributed by atoms with Crippen molar-refractivity contribution in [1.29, 1.82) is 0 Å². The van der Waals surface area contributed by atoms with Crippen molar-refractivity contribution in [2.24, 2.45) is 47.3 Å². The summed E-state index contributed by atoms with van der Waals surface area (Å²) in [7, 11) is 1.34. The summed E-state index contributed by atoms with van der Waals surface area (Å²) < 4.78 is 38.2. The summed E-state index contributed by atoms with van der Waals surface area (Å²) in [6, 6.07) is 0. The van der Waals surface area contributed by atoms with E-state index in [2.05, 4.69) is 27.7 Å². The van der Waals surface area contributed by atoms with Gasteiger partial charge >= 0.3 is 6.16 Å². The molecule has 45 heavy (non-hydrogen) atoms. The van der Waals surface area contributed by atoms with E-state index in [0.29, 0.717) is 18.3 Å². The highest BCUT2D eigenvalue weighted by atomic mass is 17.3. The Bertz CT molecular complexity index is 1170. The lowest BCUT2D eigenvalue weighted by atomic mass is 9.56. The third-order valence-electron chi connectivity index (χ3n) is 13.7. The second kappa shape index (κ2) is 10.7. The number of carbonyl (C=O) groups excluding carboxylic acids is 1. The van der Waals surface area contributed by atoms with E-state index < -0.39 is 53.7 Å². The third-order valence-corrected chi connectivity index (χ3v) is 13.7. The van der Waals surface area contributed by atoms with Crippen molar-refractivity contribution < 1.29 is 52.8 Å². The molecule has 10 aliphatic rings. The van der Waals surface area contributed by atoms with E-state index in [9.17, 15) is 4.79 Å². The molecule has 4 bridgehead atoms. The van der Waals surface area contributed by atoms with Crippen molar-refractivity contribution in [2.75, 3.05) is 7.11 Å². The van der Waals surface area contributed by atoms with Crippen LogP contribution >= 0.6 is 0 Å². The SMILES string of the molecule is COC(=O)O[C@@H](C[C@H]1O[C@@H]2O[C@]3(C)CC[C@H]4[C@H](C)CC[C@@H]([C@H]1C)[C@@]24OO3)C1O[C@@H]2O[C@]3(C)CC[C@H]4[C@H](C)CC[C@@H]([C@H]1C)[C@@]24OO3. The minimum Gasteiger partial charge on any atom is -0.438 e. The number of fused-ring (bicyclic) bond motifs is 4. The molecular weight excluding hydrogens is 584 g/mol. The largest absolute Gasteiger partial charge is 0.508 e. The Labute approximate surface area is 266 Å². The van der Waals surface area contributed by atoms with Crippen LogP contribution in [0.3, 0.4) is 0 Å². The van der Waals surface area contributed by atoms with E-state index in [-0.39, 0.29) is 41.6 Å². The van der Waals surface area contributed by atoms with Crippen LogP contribution in [0.15, 0.2) is 0 Å². The van der Waals surface area contributed by atoms with Gasteiger partial charge in [0.2, 0.25) is 11.6 Å². The maximum absolute atomic E-state index is 12.8. The Morgan fingerprint density at radius 1 is 0.711 bits per heavy atom. The molecule has 2 aliphatic carbocycles. The number of methoxy groups -OCH3 is 1. The van der Waals surface area contributed by atoms with Crippen molar-refractivity contribution in [1.82, 2.24) is 0 Å². The van der Waals surface area contributed by atoms with Crippen molar-refractivity contribution in [2.45, 2.75) is 153 Å². The van der Waals surface area contributed by atoms with E-state index in [1.165, 1.54) is 7.11 Å². The maximum Gasteiger partial charge on any atom is 0.508 e. The summed E-state index contributed by atoms with van der Waals surface area (Å²) in [5.41, 5.74) is -1.36. The minimum absolute atomic E-state index is 0.00787. The highest BCUT2D eigenvalue weighted by molar-refractivity contribution is 5.59. The van der Waals surface area contributed by atoms with Gasteiger partial charge in [0.05, 0.1) is 13.2 Å². The van der Waals surface area contributed by atoms with Gasteiger partial charge in [0.15, 0.2) is 23.8 Å². The predicted octanol–water partition coefficient (Wildman–Crippen LogP) is 6.03. The second-order valence-corrected chi connectivity index (χ2v) is 16.2. The molecule has 2 saturated carbocycles. The molecule has 0 aromatic rings. The Kier molecular flexibility index (Phi) is 7.44. The minimum atomic E-state index is -0.889. The molecule has 11 nitrogen and oxygen atoms in total. The first-order valence-electron chi connectivity index (χ1n) is 17.6. The van der Waals surface area contributed by atoms with Gasteiger partial charge in [-0.1, -0.05) is 27.7 Å². The number of hydrogen-bond acceptors (Lipinski definition) is 11. The summed E-state index contributed by atoms with van der Waals surface area (Å²) in [4.78, 5) is 37.6. The molecule has 8 heterocycles. The Hall–Kier alpha value is -1.05. The van der Waals surface area contributed by atoms with Crippen LogP contribution in [0.25, 0.3) is 0 Å². The lowest BCUT2D eigenvalue weighted by Crippen LogP contribution is -2.72. The molecule has 254 valence electrons. The summed E-state index contributed by atoms with van der Waals surface area (Å²) >= 11 is 0. The normalized spacial score (nSPS) is 57.1. The molecule has 0 aromatic heterocycles. The van der Waals surface area contributed by atoms with Crippen molar-refractivity contribution in [3.63, 3.8) is 0 Å². The van der Waals surface area contributed by atoms with E-state index in [1.807, 2.05) is 13.8 Å². The van der Waals surface area contributed by atoms with Crippen LogP contribution in [0.1, 0.15) is 99.3 Å². The molecule has 11 heteroatoms. The summed E-state index contributed by atoms with van der Waals surface area (Å²) in [6.45, 7) is 12.9. The van der Waals surface area contributed by atoms with Crippen LogP contribution in [0.4, 0.5) is 4.79 Å². The van der Waals surface area contributed by atoms with Gasteiger partial charge in [-0.05, 0) is 87.9 Å². The first kappa shape index (κ1) is 31.2. The first-order valence-corrected chi connectivity index (χ1v) is 17.6. The van der Waals surface area contributed by atoms with Gasteiger partial charge in [0, 0.05) is 31.1 Å². The van der Waals surface area contributed by atoms with Gasteiger partial charge in [-0.3, -0.25) is 0 Å². The quantitative estimate of drug-likeness (QED) is 0.267. The molecule has 0 N–H and O–H groups in total. The fraction of sp³-hybridized carbons (Fsp3) is 0.971. The fourth-order valence-corrected chi connectivity index (χ4v) is 11.3. The van der Waals surface area contributed by atoms with E-state index in [1.54, 1.807) is 0 Å². The van der Waals surface area contributed by atoms with Crippen LogP contribution < -0.4 is 0 Å².